The molecule has 0 saturated carbocycles. The predicted octanol–water partition coefficient (Wildman–Crippen LogP) is 0.964. The van der Waals surface area contributed by atoms with Gasteiger partial charge in [-0.05, 0) is 6.92 Å². The van der Waals surface area contributed by atoms with Crippen LogP contribution in [0.3, 0.4) is 0 Å². The highest BCUT2D eigenvalue weighted by Gasteiger charge is 2.13. The van der Waals surface area contributed by atoms with E-state index in [1.807, 2.05) is 18.2 Å². The first kappa shape index (κ1) is 15.0. The zero-order chi connectivity index (χ0) is 14.3. The van der Waals surface area contributed by atoms with Gasteiger partial charge in [-0.3, -0.25) is 14.9 Å². The quantitative estimate of drug-likeness (QED) is 0.471. The Morgan fingerprint density at radius 3 is 2.53 bits per heavy atom. The molecule has 1 unspecified atom stereocenters. The topological polar surface area (TPSA) is 61.8 Å². The van der Waals surface area contributed by atoms with Gasteiger partial charge < -0.3 is 4.90 Å². The van der Waals surface area contributed by atoms with E-state index >= 15 is 0 Å². The van der Waals surface area contributed by atoms with Crippen molar-refractivity contribution in [1.82, 2.24) is 10.2 Å². The van der Waals surface area contributed by atoms with Gasteiger partial charge in [0.05, 0.1) is 18.9 Å². The van der Waals surface area contributed by atoms with E-state index in [1.54, 1.807) is 38.1 Å². The molecule has 0 fully saturated rings. The van der Waals surface area contributed by atoms with Crippen molar-refractivity contribution in [2.45, 2.75) is 13.0 Å². The molecule has 1 aromatic rings. The molecule has 1 amide bonds. The zero-order valence-corrected chi connectivity index (χ0v) is 11.5. The van der Waals surface area contributed by atoms with Gasteiger partial charge in [-0.15, -0.1) is 0 Å². The van der Waals surface area contributed by atoms with Crippen molar-refractivity contribution in [2.75, 3.05) is 20.6 Å². The van der Waals surface area contributed by atoms with Gasteiger partial charge in [0, 0.05) is 19.7 Å². The molecule has 0 saturated heterocycles. The van der Waals surface area contributed by atoms with Crippen molar-refractivity contribution < 1.29 is 9.59 Å². The van der Waals surface area contributed by atoms with Crippen molar-refractivity contribution in [2.24, 2.45) is 4.99 Å². The maximum absolute atomic E-state index is 11.8. The molecule has 0 aliphatic heterocycles. The number of carbonyl (C=O) groups is 2. The normalized spacial score (nSPS) is 12.4. The molecule has 5 nitrogen and oxygen atoms in total. The van der Waals surface area contributed by atoms with Crippen molar-refractivity contribution in [3.05, 3.63) is 35.9 Å². The molecular weight excluding hydrogens is 242 g/mol. The molecule has 19 heavy (non-hydrogen) atoms. The van der Waals surface area contributed by atoms with Crippen LogP contribution in [0.15, 0.2) is 35.3 Å². The van der Waals surface area contributed by atoms with Gasteiger partial charge in [-0.2, -0.15) is 0 Å². The minimum atomic E-state index is -0.483. The fraction of sp³-hybridized carbons (Fsp3) is 0.357. The monoisotopic (exact) mass is 261 g/mol. The summed E-state index contributed by atoms with van der Waals surface area (Å²) in [7, 11) is 3.57. The first-order valence-electron chi connectivity index (χ1n) is 6.07. The minimum Gasteiger partial charge on any atom is -0.369 e. The largest absolute Gasteiger partial charge is 0.369 e. The summed E-state index contributed by atoms with van der Waals surface area (Å²) in [5, 5.41) is 2.87. The molecule has 0 heterocycles. The van der Waals surface area contributed by atoms with E-state index in [2.05, 4.69) is 10.3 Å². The minimum absolute atomic E-state index is 0.0446. The number of amides is 1. The van der Waals surface area contributed by atoms with E-state index in [1.165, 1.54) is 6.34 Å². The Morgan fingerprint density at radius 1 is 1.32 bits per heavy atom. The number of rotatable bonds is 6. The summed E-state index contributed by atoms with van der Waals surface area (Å²) >= 11 is 0. The Morgan fingerprint density at radius 2 is 1.95 bits per heavy atom. The number of nitrogens with zero attached hydrogens (tertiary/aromatic N) is 2. The molecule has 1 aromatic carbocycles. The molecule has 0 radical (unpaired) electrons. The maximum atomic E-state index is 11.8. The van der Waals surface area contributed by atoms with E-state index in [9.17, 15) is 9.59 Å². The molecule has 0 aromatic heterocycles. The van der Waals surface area contributed by atoms with E-state index in [4.69, 9.17) is 0 Å². The third-order valence-corrected chi connectivity index (χ3v) is 2.45. The smallest absolute Gasteiger partial charge is 0.263 e. The van der Waals surface area contributed by atoms with E-state index in [0.29, 0.717) is 5.56 Å². The van der Waals surface area contributed by atoms with Crippen LogP contribution in [-0.2, 0) is 4.79 Å². The Balaban J connectivity index is 2.44. The lowest BCUT2D eigenvalue weighted by molar-refractivity contribution is -0.119. The Bertz CT molecular complexity index is 455. The zero-order valence-electron chi connectivity index (χ0n) is 11.5. The lowest BCUT2D eigenvalue weighted by atomic mass is 10.1. The van der Waals surface area contributed by atoms with Crippen LogP contribution in [0.5, 0.6) is 0 Å². The first-order valence-corrected chi connectivity index (χ1v) is 6.07. The molecule has 5 heteroatoms. The fourth-order valence-corrected chi connectivity index (χ4v) is 1.34. The average Bonchev–Trinajstić information content (AvgIpc) is 2.42. The number of Topliss-reactive ketones (excluding diaryl/α,β-unsaturated/α-hetero) is 1. The van der Waals surface area contributed by atoms with Gasteiger partial charge in [-0.1, -0.05) is 30.3 Å². The van der Waals surface area contributed by atoms with Gasteiger partial charge >= 0.3 is 0 Å². The second-order valence-electron chi connectivity index (χ2n) is 4.44. The molecular formula is C14H19N3O2. The van der Waals surface area contributed by atoms with Crippen LogP contribution in [0.1, 0.15) is 17.3 Å². The summed E-state index contributed by atoms with van der Waals surface area (Å²) in [4.78, 5) is 28.9. The predicted molar refractivity (Wildman–Crippen MR) is 75.4 cm³/mol. The van der Waals surface area contributed by atoms with Crippen molar-refractivity contribution >= 4 is 18.0 Å². The van der Waals surface area contributed by atoms with Gasteiger partial charge in [0.2, 0.25) is 0 Å². The third kappa shape index (κ3) is 5.44. The third-order valence-electron chi connectivity index (χ3n) is 2.45. The number of ketones is 1. The van der Waals surface area contributed by atoms with Gasteiger partial charge in [-0.25, -0.2) is 4.99 Å². The highest BCUT2D eigenvalue weighted by atomic mass is 16.2. The lowest BCUT2D eigenvalue weighted by Crippen LogP contribution is -2.37. The number of hydrogen-bond donors (Lipinski definition) is 1. The van der Waals surface area contributed by atoms with Crippen molar-refractivity contribution in [3.63, 3.8) is 0 Å². The van der Waals surface area contributed by atoms with Crippen LogP contribution < -0.4 is 5.32 Å². The highest BCUT2D eigenvalue weighted by molar-refractivity contribution is 5.98. The molecule has 0 aliphatic carbocycles. The Labute approximate surface area is 113 Å². The highest BCUT2D eigenvalue weighted by Crippen LogP contribution is 1.99. The van der Waals surface area contributed by atoms with Crippen LogP contribution in [0.4, 0.5) is 0 Å². The van der Waals surface area contributed by atoms with Crippen molar-refractivity contribution in [3.8, 4) is 0 Å². The second kappa shape index (κ2) is 7.43. The molecule has 1 rings (SSSR count). The summed E-state index contributed by atoms with van der Waals surface area (Å²) in [5.74, 6) is -0.341. The first-order chi connectivity index (χ1) is 9.00. The van der Waals surface area contributed by atoms with E-state index in [0.717, 1.165) is 0 Å². The van der Waals surface area contributed by atoms with E-state index < -0.39 is 6.04 Å². The lowest BCUT2D eigenvalue weighted by Gasteiger charge is -2.10. The summed E-state index contributed by atoms with van der Waals surface area (Å²) in [6, 6.07) is 8.49. The van der Waals surface area contributed by atoms with Crippen LogP contribution in [-0.4, -0.2) is 49.6 Å². The maximum Gasteiger partial charge on any atom is 0.263 e. The van der Waals surface area contributed by atoms with E-state index in [-0.39, 0.29) is 18.2 Å². The fourth-order valence-electron chi connectivity index (χ4n) is 1.34. The number of aliphatic imine (C=N–C) groups is 1. The van der Waals surface area contributed by atoms with Crippen LogP contribution in [0.25, 0.3) is 0 Å². The number of carbonyl (C=O) groups excluding carboxylic acids is 2. The SMILES string of the molecule is CC(NCC(=O)c1ccccc1)C(=O)N=CN(C)C. The molecule has 0 aliphatic rings. The Hall–Kier alpha value is -2.01. The second-order valence-corrected chi connectivity index (χ2v) is 4.44. The molecule has 1 atom stereocenters. The number of hydrogen-bond acceptors (Lipinski definition) is 3. The molecule has 0 bridgehead atoms. The summed E-state index contributed by atoms with van der Waals surface area (Å²) in [5.41, 5.74) is 0.631. The summed E-state index contributed by atoms with van der Waals surface area (Å²) in [6.45, 7) is 1.81. The molecule has 0 spiro atoms. The molecule has 102 valence electrons. The standard InChI is InChI=1S/C14H19N3O2/c1-11(14(19)16-10-17(2)3)15-9-13(18)12-7-5-4-6-8-12/h4-8,10-11,15H,9H2,1-3H3. The molecule has 1 N–H and O–H groups in total. The van der Waals surface area contributed by atoms with Crippen LogP contribution >= 0.6 is 0 Å². The summed E-state index contributed by atoms with van der Waals surface area (Å²) in [6.07, 6.45) is 1.44. The van der Waals surface area contributed by atoms with Crippen LogP contribution in [0.2, 0.25) is 0 Å². The number of benzene rings is 1. The van der Waals surface area contributed by atoms with Gasteiger partial charge in [0.1, 0.15) is 0 Å². The Kier molecular flexibility index (Phi) is 5.89. The van der Waals surface area contributed by atoms with Gasteiger partial charge in [0.15, 0.2) is 5.78 Å². The van der Waals surface area contributed by atoms with Gasteiger partial charge in [0.25, 0.3) is 5.91 Å². The summed E-state index contributed by atoms with van der Waals surface area (Å²) < 4.78 is 0. The van der Waals surface area contributed by atoms with Crippen LogP contribution in [0, 0.1) is 0 Å². The average molecular weight is 261 g/mol. The number of nitrogens with one attached hydrogen (secondary N) is 1. The van der Waals surface area contributed by atoms with Crippen molar-refractivity contribution in [1.29, 1.82) is 0 Å².